The van der Waals surface area contributed by atoms with Crippen molar-refractivity contribution in [2.45, 2.75) is 19.0 Å². The van der Waals surface area contributed by atoms with Crippen LogP contribution in [0.4, 0.5) is 0 Å². The zero-order valence-corrected chi connectivity index (χ0v) is 16.6. The van der Waals surface area contributed by atoms with Gasteiger partial charge < -0.3 is 0 Å². The fourth-order valence-electron chi connectivity index (χ4n) is 4.87. The summed E-state index contributed by atoms with van der Waals surface area (Å²) in [6.45, 7) is 5.34. The summed E-state index contributed by atoms with van der Waals surface area (Å²) in [5, 5.41) is 8.99. The summed E-state index contributed by atoms with van der Waals surface area (Å²) in [6.07, 6.45) is 1.18. The molecule has 1 aliphatic heterocycles. The molecule has 3 heteroatoms. The van der Waals surface area contributed by atoms with Gasteiger partial charge in [-0.3, -0.25) is 9.80 Å². The highest BCUT2D eigenvalue weighted by Gasteiger charge is 2.33. The van der Waals surface area contributed by atoms with Crippen molar-refractivity contribution in [1.29, 1.82) is 5.26 Å². The Kier molecular flexibility index (Phi) is 4.89. The van der Waals surface area contributed by atoms with Gasteiger partial charge in [-0.1, -0.05) is 60.7 Å². The van der Waals surface area contributed by atoms with Gasteiger partial charge in [-0.05, 0) is 52.9 Å². The molecule has 144 valence electrons. The van der Waals surface area contributed by atoms with Crippen molar-refractivity contribution < 1.29 is 0 Å². The van der Waals surface area contributed by atoms with E-state index in [2.05, 4.69) is 76.5 Å². The Morgan fingerprint density at radius 2 is 1.41 bits per heavy atom. The molecule has 0 aromatic heterocycles. The number of hydrogen-bond acceptors (Lipinski definition) is 3. The van der Waals surface area contributed by atoms with E-state index in [9.17, 15) is 0 Å². The number of nitriles is 1. The average Bonchev–Trinajstić information content (AvgIpc) is 2.93. The van der Waals surface area contributed by atoms with E-state index in [0.717, 1.165) is 38.3 Å². The van der Waals surface area contributed by atoms with Crippen LogP contribution in [0.15, 0.2) is 72.8 Å². The molecule has 0 unspecified atom stereocenters. The van der Waals surface area contributed by atoms with Crippen molar-refractivity contribution in [3.05, 3.63) is 95.1 Å². The summed E-state index contributed by atoms with van der Waals surface area (Å²) in [5.74, 6) is 0. The summed E-state index contributed by atoms with van der Waals surface area (Å²) in [5.41, 5.74) is 7.71. The lowest BCUT2D eigenvalue weighted by Crippen LogP contribution is -2.33. The van der Waals surface area contributed by atoms with Crippen LogP contribution in [0.3, 0.4) is 0 Å². The maximum Gasteiger partial charge on any atom is 0.0991 e. The fraction of sp³-hybridized carbons (Fsp3) is 0.269. The zero-order valence-electron chi connectivity index (χ0n) is 16.6. The van der Waals surface area contributed by atoms with Gasteiger partial charge in [-0.25, -0.2) is 0 Å². The second-order valence-corrected chi connectivity index (χ2v) is 8.05. The van der Waals surface area contributed by atoms with E-state index >= 15 is 0 Å². The van der Waals surface area contributed by atoms with Crippen molar-refractivity contribution in [2.75, 3.05) is 26.2 Å². The minimum absolute atomic E-state index is 0.372. The Bertz CT molecular complexity index is 1000. The van der Waals surface area contributed by atoms with Gasteiger partial charge in [-0.15, -0.1) is 0 Å². The molecule has 1 saturated heterocycles. The summed E-state index contributed by atoms with van der Waals surface area (Å²) < 4.78 is 0. The van der Waals surface area contributed by atoms with Gasteiger partial charge in [0.25, 0.3) is 0 Å². The van der Waals surface area contributed by atoms with Crippen LogP contribution in [-0.4, -0.2) is 36.0 Å². The normalized spacial score (nSPS) is 17.3. The van der Waals surface area contributed by atoms with Gasteiger partial charge >= 0.3 is 0 Å². The van der Waals surface area contributed by atoms with E-state index in [1.165, 1.54) is 34.2 Å². The first-order valence-electron chi connectivity index (χ1n) is 10.5. The van der Waals surface area contributed by atoms with Crippen LogP contribution in [0.1, 0.15) is 34.7 Å². The molecule has 1 fully saturated rings. The third-order valence-electron chi connectivity index (χ3n) is 6.28. The SMILES string of the molecule is N#Cc1ccc(CN2CCCN(C3c4ccccc4-c4ccccc43)CC2)cc1. The van der Waals surface area contributed by atoms with Crippen molar-refractivity contribution in [3.8, 4) is 17.2 Å². The monoisotopic (exact) mass is 379 g/mol. The van der Waals surface area contributed by atoms with Gasteiger partial charge in [0.1, 0.15) is 0 Å². The Hall–Kier alpha value is -2.93. The van der Waals surface area contributed by atoms with Gasteiger partial charge in [0, 0.05) is 26.2 Å². The fourth-order valence-corrected chi connectivity index (χ4v) is 4.87. The van der Waals surface area contributed by atoms with Crippen molar-refractivity contribution in [3.63, 3.8) is 0 Å². The van der Waals surface area contributed by atoms with E-state index in [1.54, 1.807) is 0 Å². The first-order valence-corrected chi connectivity index (χ1v) is 10.5. The molecule has 0 saturated carbocycles. The van der Waals surface area contributed by atoms with E-state index in [4.69, 9.17) is 5.26 Å². The van der Waals surface area contributed by atoms with E-state index in [1.807, 2.05) is 12.1 Å². The van der Waals surface area contributed by atoms with Crippen LogP contribution < -0.4 is 0 Å². The molecule has 3 nitrogen and oxygen atoms in total. The summed E-state index contributed by atoms with van der Waals surface area (Å²) in [6, 6.07) is 28.4. The Morgan fingerprint density at radius 3 is 2.07 bits per heavy atom. The average molecular weight is 380 g/mol. The predicted molar refractivity (Wildman–Crippen MR) is 116 cm³/mol. The van der Waals surface area contributed by atoms with Crippen molar-refractivity contribution >= 4 is 0 Å². The molecule has 0 N–H and O–H groups in total. The van der Waals surface area contributed by atoms with E-state index in [0.29, 0.717) is 6.04 Å². The maximum absolute atomic E-state index is 8.99. The molecule has 0 radical (unpaired) electrons. The second-order valence-electron chi connectivity index (χ2n) is 8.05. The smallest absolute Gasteiger partial charge is 0.0991 e. The van der Waals surface area contributed by atoms with Crippen LogP contribution in [0.2, 0.25) is 0 Å². The van der Waals surface area contributed by atoms with Gasteiger partial charge in [0.05, 0.1) is 17.7 Å². The van der Waals surface area contributed by atoms with Crippen molar-refractivity contribution in [1.82, 2.24) is 9.80 Å². The van der Waals surface area contributed by atoms with Crippen LogP contribution in [0.25, 0.3) is 11.1 Å². The molecule has 0 bridgehead atoms. The van der Waals surface area contributed by atoms with Gasteiger partial charge in [-0.2, -0.15) is 5.26 Å². The largest absolute Gasteiger partial charge is 0.298 e. The number of fused-ring (bicyclic) bond motifs is 3. The lowest BCUT2D eigenvalue weighted by atomic mass is 10.0. The standard InChI is InChI=1S/C26H25N3/c27-18-20-10-12-21(13-11-20)19-28-14-5-15-29(17-16-28)26-24-8-3-1-6-22(24)23-7-2-4-9-25(23)26/h1-4,6-13,26H,5,14-17,19H2. The van der Waals surface area contributed by atoms with Crippen LogP contribution in [0.5, 0.6) is 0 Å². The molecule has 2 aliphatic rings. The molecular weight excluding hydrogens is 354 g/mol. The minimum Gasteiger partial charge on any atom is -0.298 e. The molecule has 0 atom stereocenters. The molecule has 5 rings (SSSR count). The third-order valence-corrected chi connectivity index (χ3v) is 6.28. The summed E-state index contributed by atoms with van der Waals surface area (Å²) in [4.78, 5) is 5.22. The quantitative estimate of drug-likeness (QED) is 0.653. The Balaban J connectivity index is 1.34. The first-order chi connectivity index (χ1) is 14.3. The van der Waals surface area contributed by atoms with Crippen LogP contribution in [-0.2, 0) is 6.54 Å². The van der Waals surface area contributed by atoms with Gasteiger partial charge in [0.2, 0.25) is 0 Å². The second kappa shape index (κ2) is 7.83. The predicted octanol–water partition coefficient (Wildman–Crippen LogP) is 4.84. The number of benzene rings is 3. The molecule has 0 amide bonds. The first kappa shape index (κ1) is 18.1. The van der Waals surface area contributed by atoms with Crippen molar-refractivity contribution in [2.24, 2.45) is 0 Å². The topological polar surface area (TPSA) is 30.3 Å². The number of hydrogen-bond donors (Lipinski definition) is 0. The van der Waals surface area contributed by atoms with E-state index < -0.39 is 0 Å². The summed E-state index contributed by atoms with van der Waals surface area (Å²) in [7, 11) is 0. The lowest BCUT2D eigenvalue weighted by molar-refractivity contribution is 0.223. The molecule has 3 aromatic rings. The van der Waals surface area contributed by atoms with Crippen LogP contribution in [0, 0.1) is 11.3 Å². The van der Waals surface area contributed by atoms with Crippen LogP contribution >= 0.6 is 0 Å². The molecule has 1 heterocycles. The lowest BCUT2D eigenvalue weighted by Gasteiger charge is -2.29. The molecule has 29 heavy (non-hydrogen) atoms. The highest BCUT2D eigenvalue weighted by Crippen LogP contribution is 2.46. The molecule has 0 spiro atoms. The zero-order chi connectivity index (χ0) is 19.6. The molecular formula is C26H25N3. The summed E-state index contributed by atoms with van der Waals surface area (Å²) >= 11 is 0. The number of rotatable bonds is 3. The minimum atomic E-state index is 0.372. The Morgan fingerprint density at radius 1 is 0.759 bits per heavy atom. The highest BCUT2D eigenvalue weighted by molar-refractivity contribution is 5.78. The highest BCUT2D eigenvalue weighted by atomic mass is 15.2. The molecule has 3 aromatic carbocycles. The third kappa shape index (κ3) is 3.46. The Labute approximate surface area is 172 Å². The maximum atomic E-state index is 8.99. The van der Waals surface area contributed by atoms with E-state index in [-0.39, 0.29) is 0 Å². The number of nitrogens with zero attached hydrogens (tertiary/aromatic N) is 3. The molecule has 1 aliphatic carbocycles. The van der Waals surface area contributed by atoms with Gasteiger partial charge in [0.15, 0.2) is 0 Å².